The van der Waals surface area contributed by atoms with Crippen molar-refractivity contribution in [3.8, 4) is 5.75 Å². The summed E-state index contributed by atoms with van der Waals surface area (Å²) in [6.45, 7) is 64.1. The number of methoxy groups -OCH3 is 1. The molecule has 0 atom stereocenters. The number of nitrogens with zero attached hydrogens (tertiary/aromatic N) is 5. The van der Waals surface area contributed by atoms with Crippen molar-refractivity contribution >= 4 is 0 Å². The van der Waals surface area contributed by atoms with Crippen LogP contribution >= 0.6 is 0 Å². The largest absolute Gasteiger partial charge is 0.492 e. The van der Waals surface area contributed by atoms with E-state index in [2.05, 4.69) is 191 Å². The van der Waals surface area contributed by atoms with Crippen LogP contribution in [0.5, 0.6) is 5.75 Å². The van der Waals surface area contributed by atoms with Crippen molar-refractivity contribution < 1.29 is 27.4 Å². The van der Waals surface area contributed by atoms with E-state index in [0.29, 0.717) is 17.8 Å². The van der Waals surface area contributed by atoms with E-state index in [1.807, 2.05) is 44.4 Å². The topological polar surface area (TPSA) is 72.8 Å². The van der Waals surface area contributed by atoms with E-state index in [1.54, 1.807) is 25.8 Å². The summed E-state index contributed by atoms with van der Waals surface area (Å²) in [5.41, 5.74) is 1.24. The fourth-order valence-electron chi connectivity index (χ4n) is 3.97. The minimum absolute atomic E-state index is 0. The van der Waals surface area contributed by atoms with Gasteiger partial charge in [-0.05, 0) is 110 Å². The summed E-state index contributed by atoms with van der Waals surface area (Å²) >= 11 is 0. The first-order chi connectivity index (χ1) is 34.7. The lowest BCUT2D eigenvalue weighted by atomic mass is 10.1. The van der Waals surface area contributed by atoms with Gasteiger partial charge in [-0.15, -0.1) is 6.58 Å². The second kappa shape index (κ2) is 79.6. The standard InChI is InChI=1S/C9H14N2.C9H13NO.C8H17NO.C6H15N.C5H12O.2C5H12.C5H10.C4H8F2.C4H9F.C4H10.4CH4/c1-8(2)3-4-9-5-10-7-11-6-9;1-8(2)7-11-9-4-3-5-10-6-9;1-8(2)7-9-3-5-10-6-4-9;1-6(2)5-7(3)4;1-5(2)4-6-3;3*1-4-5(2)3;1-3(2)4(5)6;1-4(2)3-5;1-4(2)3;;;;/h5-8H,3-4H2,1-2H3;3-6,8H,7H2,1-2H3;8H,3-7H2,1-2H3;6H,5H2,1-4H3;5H,4H2,1-3H3;2*5H,4H2,1-3H3;4-5H,1H2,2-3H3;3-4H,1-2H3;4H,3H2,1-2H3;4H,1-3H3;4*1H4. The van der Waals surface area contributed by atoms with Crippen LogP contribution in [0.3, 0.4) is 0 Å². The summed E-state index contributed by atoms with van der Waals surface area (Å²) in [7, 11) is 5.92. The summed E-state index contributed by atoms with van der Waals surface area (Å²) in [4.78, 5) is 16.5. The van der Waals surface area contributed by atoms with Gasteiger partial charge in [-0.2, -0.15) is 0 Å². The van der Waals surface area contributed by atoms with Gasteiger partial charge in [-0.25, -0.2) is 18.7 Å². The van der Waals surface area contributed by atoms with Crippen molar-refractivity contribution in [2.75, 3.05) is 80.5 Å². The molecule has 11 heteroatoms. The number of morpholine rings is 1. The number of hydrogen-bond acceptors (Lipinski definition) is 8. The van der Waals surface area contributed by atoms with E-state index in [1.165, 1.54) is 51.8 Å². The van der Waals surface area contributed by atoms with E-state index in [9.17, 15) is 13.2 Å². The zero-order valence-corrected chi connectivity index (χ0v) is 55.0. The minimum atomic E-state index is -2.15. The first-order valence-electron chi connectivity index (χ1n) is 28.9. The maximum Gasteiger partial charge on any atom is 0.240 e. The zero-order chi connectivity index (χ0) is 60.3. The van der Waals surface area contributed by atoms with Crippen molar-refractivity contribution in [2.24, 2.45) is 65.1 Å². The number of ether oxygens (including phenoxy) is 3. The van der Waals surface area contributed by atoms with Gasteiger partial charge in [0, 0.05) is 57.9 Å². The molecule has 1 aliphatic rings. The van der Waals surface area contributed by atoms with Gasteiger partial charge in [0.15, 0.2) is 0 Å². The maximum absolute atomic E-state index is 11.2. The lowest BCUT2D eigenvalue weighted by molar-refractivity contribution is 0.0329. The maximum atomic E-state index is 11.2. The van der Waals surface area contributed by atoms with Crippen LogP contribution in [0, 0.1) is 65.1 Å². The molecular formula is C68H148F3N5O3. The third-order valence-electron chi connectivity index (χ3n) is 8.72. The van der Waals surface area contributed by atoms with E-state index >= 15 is 0 Å². The van der Waals surface area contributed by atoms with Crippen molar-refractivity contribution in [3.05, 3.63) is 61.5 Å². The van der Waals surface area contributed by atoms with Crippen LogP contribution in [0.1, 0.15) is 228 Å². The molecule has 484 valence electrons. The third-order valence-corrected chi connectivity index (χ3v) is 8.72. The molecule has 8 nitrogen and oxygen atoms in total. The van der Waals surface area contributed by atoms with E-state index in [4.69, 9.17) is 14.2 Å². The molecule has 0 saturated carbocycles. The average molecular weight is 1140 g/mol. The highest BCUT2D eigenvalue weighted by Gasteiger charge is 2.10. The Morgan fingerprint density at radius 1 is 0.633 bits per heavy atom. The van der Waals surface area contributed by atoms with Crippen LogP contribution in [-0.4, -0.2) is 112 Å². The Bertz CT molecular complexity index is 1190. The molecule has 1 aliphatic heterocycles. The van der Waals surface area contributed by atoms with Crippen LogP contribution in [0.4, 0.5) is 13.2 Å². The molecule has 0 aromatic carbocycles. The van der Waals surface area contributed by atoms with Crippen LogP contribution in [0.15, 0.2) is 55.9 Å². The van der Waals surface area contributed by atoms with Gasteiger partial charge in [0.25, 0.3) is 0 Å². The molecule has 2 aromatic rings. The number of hydrogen-bond donors (Lipinski definition) is 0. The third kappa shape index (κ3) is 137. The predicted octanol–water partition coefficient (Wildman–Crippen LogP) is 21.3. The summed E-state index contributed by atoms with van der Waals surface area (Å²) < 4.78 is 48.9. The lowest BCUT2D eigenvalue weighted by Gasteiger charge is -2.27. The fourth-order valence-corrected chi connectivity index (χ4v) is 3.97. The van der Waals surface area contributed by atoms with Crippen LogP contribution < -0.4 is 4.74 Å². The lowest BCUT2D eigenvalue weighted by Crippen LogP contribution is -2.38. The number of rotatable bonds is 17. The molecule has 0 unspecified atom stereocenters. The SMILES string of the molecule is C.C.C.C.C=CC(C)C.CC(C)C.CC(C)C(F)F.CC(C)CCc1cncnc1.CC(C)CF.CC(C)CN(C)C.CC(C)CN1CCOCC1.CC(C)COc1cccnc1.CCC(C)C.CCC(C)C.COCC(C)C. The number of halogens is 3. The Morgan fingerprint density at radius 2 is 1.03 bits per heavy atom. The number of aryl methyl sites for hydroxylation is 1. The van der Waals surface area contributed by atoms with Crippen molar-refractivity contribution in [3.63, 3.8) is 0 Å². The molecule has 3 heterocycles. The highest BCUT2D eigenvalue weighted by molar-refractivity contribution is 5.15. The molecule has 0 radical (unpaired) electrons. The molecule has 1 fully saturated rings. The Morgan fingerprint density at radius 3 is 1.24 bits per heavy atom. The second-order valence-corrected chi connectivity index (χ2v) is 23.8. The van der Waals surface area contributed by atoms with E-state index < -0.39 is 12.3 Å². The van der Waals surface area contributed by atoms with Crippen molar-refractivity contribution in [1.29, 1.82) is 0 Å². The summed E-state index contributed by atoms with van der Waals surface area (Å²) in [6, 6.07) is 3.78. The zero-order valence-electron chi connectivity index (χ0n) is 55.0. The van der Waals surface area contributed by atoms with Crippen molar-refractivity contribution in [2.45, 2.75) is 235 Å². The average Bonchev–Trinajstić information content (AvgIpc) is 3.32. The Balaban J connectivity index is -0.0000000633. The highest BCUT2D eigenvalue weighted by Crippen LogP contribution is 2.08. The van der Waals surface area contributed by atoms with Crippen molar-refractivity contribution in [1.82, 2.24) is 24.8 Å². The second-order valence-electron chi connectivity index (χ2n) is 23.8. The first-order valence-corrected chi connectivity index (χ1v) is 28.9. The quantitative estimate of drug-likeness (QED) is 0.145. The van der Waals surface area contributed by atoms with Gasteiger partial charge in [0.1, 0.15) is 12.1 Å². The number of aromatic nitrogens is 3. The Hall–Kier alpha value is -2.60. The molecule has 0 bridgehead atoms. The number of allylic oxidation sites excluding steroid dienone is 1. The van der Waals surface area contributed by atoms with Gasteiger partial charge in [-0.3, -0.25) is 14.3 Å². The van der Waals surface area contributed by atoms with Crippen LogP contribution in [0.25, 0.3) is 0 Å². The van der Waals surface area contributed by atoms with Gasteiger partial charge < -0.3 is 19.1 Å². The van der Waals surface area contributed by atoms with E-state index in [0.717, 1.165) is 87.2 Å². The van der Waals surface area contributed by atoms with Crippen LogP contribution in [0.2, 0.25) is 0 Å². The first kappa shape index (κ1) is 105. The van der Waals surface area contributed by atoms with Gasteiger partial charge in [0.2, 0.25) is 6.43 Å². The Kier molecular flexibility index (Phi) is 106. The molecule has 1 saturated heterocycles. The smallest absolute Gasteiger partial charge is 0.240 e. The molecule has 0 amide bonds. The fraction of sp³-hybridized carbons (Fsp3) is 0.838. The molecule has 0 N–H and O–H groups in total. The van der Waals surface area contributed by atoms with Gasteiger partial charge in [0.05, 0.1) is 32.7 Å². The monoisotopic (exact) mass is 1140 g/mol. The number of alkyl halides is 3. The highest BCUT2D eigenvalue weighted by atomic mass is 19.3. The molecule has 3 rings (SSSR count). The summed E-state index contributed by atoms with van der Waals surface area (Å²) in [5.74, 6) is 7.43. The summed E-state index contributed by atoms with van der Waals surface area (Å²) in [5, 5.41) is 0. The molecular weight excluding hydrogens is 992 g/mol. The van der Waals surface area contributed by atoms with Crippen LogP contribution in [-0.2, 0) is 15.9 Å². The Labute approximate surface area is 497 Å². The molecule has 0 aliphatic carbocycles. The van der Waals surface area contributed by atoms with Gasteiger partial charge >= 0.3 is 0 Å². The molecule has 79 heavy (non-hydrogen) atoms. The van der Waals surface area contributed by atoms with Gasteiger partial charge in [-0.1, -0.05) is 222 Å². The number of pyridine rings is 1. The predicted molar refractivity (Wildman–Crippen MR) is 356 cm³/mol. The normalized spacial score (nSPS) is 11.0. The molecule has 2 aromatic heterocycles. The van der Waals surface area contributed by atoms with E-state index in [-0.39, 0.29) is 42.3 Å². The molecule has 0 spiro atoms. The summed E-state index contributed by atoms with van der Waals surface area (Å²) in [6.07, 6.45) is 13.5. The minimum Gasteiger partial charge on any atom is -0.492 e.